The molecule has 0 aliphatic rings. The third kappa shape index (κ3) is 1.42. The first-order valence-corrected chi connectivity index (χ1v) is 4.54. The molecule has 0 unspecified atom stereocenters. The second-order valence-electron chi connectivity index (χ2n) is 3.41. The smallest absolute Gasteiger partial charge is 0.335 e. The summed E-state index contributed by atoms with van der Waals surface area (Å²) in [5.74, 6) is -1.61. The van der Waals surface area contributed by atoms with Crippen molar-refractivity contribution in [2.24, 2.45) is 0 Å². The first kappa shape index (κ1) is 9.52. The molecule has 0 amide bonds. The average Bonchev–Trinajstić information content (AvgIpc) is 2.17. The average molecular weight is 201 g/mol. The van der Waals surface area contributed by atoms with Crippen LogP contribution in [0, 0.1) is 6.92 Å². The summed E-state index contributed by atoms with van der Waals surface area (Å²) in [7, 11) is 0. The minimum Gasteiger partial charge on any atom is -0.872 e. The van der Waals surface area contributed by atoms with Gasteiger partial charge in [0, 0.05) is 0 Å². The van der Waals surface area contributed by atoms with E-state index in [0.29, 0.717) is 5.39 Å². The third-order valence-corrected chi connectivity index (χ3v) is 2.46. The molecule has 1 N–H and O–H groups in total. The predicted molar refractivity (Wildman–Crippen MR) is 55.1 cm³/mol. The number of carbonyl (C=O) groups is 1. The Balaban J connectivity index is 2.94. The molecule has 0 aliphatic heterocycles. The van der Waals surface area contributed by atoms with Gasteiger partial charge >= 0.3 is 5.97 Å². The van der Waals surface area contributed by atoms with Crippen molar-refractivity contribution in [3.8, 4) is 5.75 Å². The van der Waals surface area contributed by atoms with E-state index in [0.717, 1.165) is 10.9 Å². The van der Waals surface area contributed by atoms with Crippen molar-refractivity contribution in [1.29, 1.82) is 0 Å². The molecular formula is C12H9O3-. The molecule has 2 aromatic rings. The van der Waals surface area contributed by atoms with Crippen LogP contribution in [0.4, 0.5) is 0 Å². The fraction of sp³-hybridized carbons (Fsp3) is 0.0833. The normalized spacial score (nSPS) is 10.5. The molecule has 76 valence electrons. The summed E-state index contributed by atoms with van der Waals surface area (Å²) in [6.07, 6.45) is 0. The fourth-order valence-corrected chi connectivity index (χ4v) is 1.72. The van der Waals surface area contributed by atoms with Crippen LogP contribution >= 0.6 is 0 Å². The van der Waals surface area contributed by atoms with Crippen LogP contribution in [0.15, 0.2) is 30.3 Å². The Morgan fingerprint density at radius 3 is 2.60 bits per heavy atom. The van der Waals surface area contributed by atoms with E-state index in [-0.39, 0.29) is 5.56 Å². The number of carboxylic acid groups (broad SMARTS) is 1. The Hall–Kier alpha value is -2.03. The number of fused-ring (bicyclic) bond motifs is 1. The van der Waals surface area contributed by atoms with Crippen molar-refractivity contribution >= 4 is 16.7 Å². The van der Waals surface area contributed by atoms with Gasteiger partial charge in [0.25, 0.3) is 0 Å². The van der Waals surface area contributed by atoms with Gasteiger partial charge in [0.15, 0.2) is 0 Å². The van der Waals surface area contributed by atoms with Gasteiger partial charge in [0.1, 0.15) is 0 Å². The van der Waals surface area contributed by atoms with Gasteiger partial charge in [-0.2, -0.15) is 0 Å². The van der Waals surface area contributed by atoms with Crippen LogP contribution in [0.3, 0.4) is 0 Å². The Labute approximate surface area is 86.6 Å². The van der Waals surface area contributed by atoms with E-state index in [1.54, 1.807) is 18.2 Å². The van der Waals surface area contributed by atoms with Crippen LogP contribution in [-0.4, -0.2) is 11.1 Å². The van der Waals surface area contributed by atoms with Gasteiger partial charge in [-0.05, 0) is 23.3 Å². The summed E-state index contributed by atoms with van der Waals surface area (Å²) in [4.78, 5) is 10.9. The Morgan fingerprint density at radius 1 is 1.20 bits per heavy atom. The van der Waals surface area contributed by atoms with Crippen molar-refractivity contribution in [2.45, 2.75) is 6.92 Å². The first-order valence-electron chi connectivity index (χ1n) is 4.54. The van der Waals surface area contributed by atoms with Gasteiger partial charge in [0.2, 0.25) is 0 Å². The minimum absolute atomic E-state index is 0.142. The van der Waals surface area contributed by atoms with E-state index in [1.165, 1.54) is 6.07 Å². The molecule has 3 nitrogen and oxygen atoms in total. The molecule has 2 rings (SSSR count). The zero-order valence-corrected chi connectivity index (χ0v) is 8.15. The second-order valence-corrected chi connectivity index (χ2v) is 3.41. The standard InChI is InChI=1S/C12H10O3/c1-7-3-2-4-9-8(7)5-6-10(13)11(9)12(14)15/h2-6,13H,1H3,(H,14,15)/p-1. The molecule has 0 bridgehead atoms. The largest absolute Gasteiger partial charge is 0.872 e. The van der Waals surface area contributed by atoms with Crippen LogP contribution in [-0.2, 0) is 0 Å². The number of rotatable bonds is 1. The highest BCUT2D eigenvalue weighted by Gasteiger charge is 2.09. The Kier molecular flexibility index (Phi) is 2.08. The molecule has 0 aromatic heterocycles. The zero-order valence-electron chi connectivity index (χ0n) is 8.15. The molecular weight excluding hydrogens is 192 g/mol. The van der Waals surface area contributed by atoms with Crippen LogP contribution in [0.25, 0.3) is 10.8 Å². The maximum atomic E-state index is 11.4. The third-order valence-electron chi connectivity index (χ3n) is 2.46. The second kappa shape index (κ2) is 3.28. The maximum absolute atomic E-state index is 11.4. The van der Waals surface area contributed by atoms with E-state index in [2.05, 4.69) is 0 Å². The summed E-state index contributed by atoms with van der Waals surface area (Å²) >= 11 is 0. The molecule has 0 saturated carbocycles. The van der Waals surface area contributed by atoms with Crippen LogP contribution in [0.2, 0.25) is 0 Å². The summed E-state index contributed by atoms with van der Waals surface area (Å²) in [5, 5.41) is 21.7. The lowest BCUT2D eigenvalue weighted by Gasteiger charge is -2.13. The van der Waals surface area contributed by atoms with Crippen LogP contribution < -0.4 is 5.11 Å². The van der Waals surface area contributed by atoms with E-state index in [4.69, 9.17) is 5.11 Å². The Morgan fingerprint density at radius 2 is 1.93 bits per heavy atom. The predicted octanol–water partition coefficient (Wildman–Crippen LogP) is 1.92. The number of hydrogen-bond donors (Lipinski definition) is 1. The van der Waals surface area contributed by atoms with Crippen molar-refractivity contribution in [2.75, 3.05) is 0 Å². The molecule has 0 saturated heterocycles. The highest BCUT2D eigenvalue weighted by atomic mass is 16.4. The highest BCUT2D eigenvalue weighted by Crippen LogP contribution is 2.27. The molecule has 0 radical (unpaired) electrons. The molecule has 0 fully saturated rings. The molecule has 0 atom stereocenters. The van der Waals surface area contributed by atoms with Gasteiger partial charge in [-0.1, -0.05) is 36.1 Å². The maximum Gasteiger partial charge on any atom is 0.335 e. The molecule has 15 heavy (non-hydrogen) atoms. The van der Waals surface area contributed by atoms with Crippen molar-refractivity contribution in [3.63, 3.8) is 0 Å². The number of carboxylic acids is 1. The van der Waals surface area contributed by atoms with Crippen LogP contribution in [0.1, 0.15) is 15.9 Å². The van der Waals surface area contributed by atoms with Crippen LogP contribution in [0.5, 0.6) is 5.75 Å². The van der Waals surface area contributed by atoms with Crippen molar-refractivity contribution in [3.05, 3.63) is 41.5 Å². The van der Waals surface area contributed by atoms with Gasteiger partial charge in [-0.25, -0.2) is 4.79 Å². The lowest BCUT2D eigenvalue weighted by atomic mass is 10.00. The molecule has 0 heterocycles. The highest BCUT2D eigenvalue weighted by molar-refractivity contribution is 6.06. The van der Waals surface area contributed by atoms with E-state index in [1.807, 2.05) is 13.0 Å². The monoisotopic (exact) mass is 201 g/mol. The molecule has 0 spiro atoms. The number of aromatic carboxylic acids is 1. The van der Waals surface area contributed by atoms with E-state index >= 15 is 0 Å². The summed E-state index contributed by atoms with van der Waals surface area (Å²) in [6, 6.07) is 8.27. The first-order chi connectivity index (χ1) is 7.11. The summed E-state index contributed by atoms with van der Waals surface area (Å²) in [6.45, 7) is 1.89. The summed E-state index contributed by atoms with van der Waals surface area (Å²) < 4.78 is 0. The van der Waals surface area contributed by atoms with Gasteiger partial charge < -0.3 is 10.2 Å². The lowest BCUT2D eigenvalue weighted by Crippen LogP contribution is -2.04. The summed E-state index contributed by atoms with van der Waals surface area (Å²) in [5.41, 5.74) is 0.825. The topological polar surface area (TPSA) is 60.4 Å². The van der Waals surface area contributed by atoms with Gasteiger partial charge in [-0.15, -0.1) is 0 Å². The zero-order chi connectivity index (χ0) is 11.0. The van der Waals surface area contributed by atoms with E-state index in [9.17, 15) is 9.90 Å². The van der Waals surface area contributed by atoms with E-state index < -0.39 is 11.7 Å². The minimum atomic E-state index is -1.17. The fourth-order valence-electron chi connectivity index (χ4n) is 1.72. The molecule has 3 heteroatoms. The number of hydrogen-bond acceptors (Lipinski definition) is 2. The van der Waals surface area contributed by atoms with Crippen molar-refractivity contribution in [1.82, 2.24) is 0 Å². The molecule has 2 aromatic carbocycles. The van der Waals surface area contributed by atoms with Gasteiger partial charge in [-0.3, -0.25) is 0 Å². The number of aryl methyl sites for hydroxylation is 1. The SMILES string of the molecule is Cc1cccc2c(C(=O)O)c([O-])ccc12. The quantitative estimate of drug-likeness (QED) is 0.766. The molecule has 0 aliphatic carbocycles. The van der Waals surface area contributed by atoms with Gasteiger partial charge in [0.05, 0.1) is 5.56 Å². The van der Waals surface area contributed by atoms with Crippen molar-refractivity contribution < 1.29 is 15.0 Å². The Bertz CT molecular complexity index is 544. The number of benzene rings is 2. The lowest BCUT2D eigenvalue weighted by molar-refractivity contribution is -0.268.